The number of methoxy groups -OCH3 is 1. The molecule has 6 nitrogen and oxygen atoms in total. The molecule has 0 aliphatic carbocycles. The Balaban J connectivity index is 1.76. The van der Waals surface area contributed by atoms with Crippen LogP contribution in [0.2, 0.25) is 0 Å². The fraction of sp³-hybridized carbons (Fsp3) is 0.0435. The standard InChI is InChI=1S/C23H17NO5/c1-29-22-10-13(7-9-20(22)26)6-8-19(25)16-11-15-18(12-21(16)27)24-17-5-3-2-4-14(17)23(15)28/h2-12,26-27H,1H3,(H,24,28)/b8-6+. The van der Waals surface area contributed by atoms with Gasteiger partial charge in [-0.1, -0.05) is 24.3 Å². The van der Waals surface area contributed by atoms with Gasteiger partial charge in [0.05, 0.1) is 18.2 Å². The quantitative estimate of drug-likeness (QED) is 0.279. The van der Waals surface area contributed by atoms with Gasteiger partial charge in [-0.2, -0.15) is 0 Å². The number of fused-ring (bicyclic) bond motifs is 2. The average Bonchev–Trinajstić information content (AvgIpc) is 2.72. The Morgan fingerprint density at radius 1 is 0.966 bits per heavy atom. The van der Waals surface area contributed by atoms with E-state index in [2.05, 4.69) is 4.98 Å². The smallest absolute Gasteiger partial charge is 0.197 e. The Bertz CT molecular complexity index is 1350. The van der Waals surface area contributed by atoms with Gasteiger partial charge in [0, 0.05) is 22.4 Å². The molecule has 3 N–H and O–H groups in total. The monoisotopic (exact) mass is 387 g/mol. The topological polar surface area (TPSA) is 99.6 Å². The van der Waals surface area contributed by atoms with Crippen molar-refractivity contribution in [2.45, 2.75) is 0 Å². The third-order valence-electron chi connectivity index (χ3n) is 4.72. The van der Waals surface area contributed by atoms with Crippen molar-refractivity contribution in [2.24, 2.45) is 0 Å². The molecule has 0 spiro atoms. The molecule has 0 aliphatic rings. The number of hydrogen-bond donors (Lipinski definition) is 3. The molecule has 0 amide bonds. The van der Waals surface area contributed by atoms with Crippen LogP contribution in [0.15, 0.2) is 65.5 Å². The zero-order valence-electron chi connectivity index (χ0n) is 15.5. The molecule has 144 valence electrons. The summed E-state index contributed by atoms with van der Waals surface area (Å²) in [6, 6.07) is 14.5. The number of rotatable bonds is 4. The lowest BCUT2D eigenvalue weighted by molar-refractivity contribution is 0.104. The number of benzene rings is 3. The van der Waals surface area contributed by atoms with E-state index in [0.717, 1.165) is 0 Å². The molecule has 6 heteroatoms. The highest BCUT2D eigenvalue weighted by Crippen LogP contribution is 2.28. The molecule has 0 saturated heterocycles. The van der Waals surface area contributed by atoms with Crippen LogP contribution in [0.5, 0.6) is 17.2 Å². The number of pyridine rings is 1. The van der Waals surface area contributed by atoms with Gasteiger partial charge in [-0.05, 0) is 42.0 Å². The highest BCUT2D eigenvalue weighted by Gasteiger charge is 2.14. The number of aromatic nitrogens is 1. The van der Waals surface area contributed by atoms with Gasteiger partial charge in [0.1, 0.15) is 5.75 Å². The first-order valence-electron chi connectivity index (χ1n) is 8.85. The number of phenolic OH excluding ortho intramolecular Hbond substituents is 2. The van der Waals surface area contributed by atoms with Crippen molar-refractivity contribution in [3.05, 3.63) is 82.0 Å². The van der Waals surface area contributed by atoms with E-state index in [1.165, 1.54) is 31.4 Å². The number of aromatic hydroxyl groups is 2. The second-order valence-corrected chi connectivity index (χ2v) is 6.54. The van der Waals surface area contributed by atoms with E-state index in [0.29, 0.717) is 27.4 Å². The molecule has 0 bridgehead atoms. The predicted molar refractivity (Wildman–Crippen MR) is 112 cm³/mol. The highest BCUT2D eigenvalue weighted by atomic mass is 16.5. The van der Waals surface area contributed by atoms with Crippen LogP contribution in [0.4, 0.5) is 0 Å². The number of H-pyrrole nitrogens is 1. The molecule has 0 atom stereocenters. The molecule has 3 aromatic carbocycles. The third kappa shape index (κ3) is 3.32. The maximum atomic E-state index is 12.8. The van der Waals surface area contributed by atoms with Crippen LogP contribution in [0.3, 0.4) is 0 Å². The number of allylic oxidation sites excluding steroid dienone is 1. The van der Waals surface area contributed by atoms with E-state index in [1.54, 1.807) is 36.4 Å². The number of para-hydroxylation sites is 1. The molecular formula is C23H17NO5. The molecule has 29 heavy (non-hydrogen) atoms. The van der Waals surface area contributed by atoms with Crippen LogP contribution < -0.4 is 10.2 Å². The molecule has 0 unspecified atom stereocenters. The molecule has 0 fully saturated rings. The Hall–Kier alpha value is -4.06. The van der Waals surface area contributed by atoms with Gasteiger partial charge in [0.2, 0.25) is 0 Å². The zero-order chi connectivity index (χ0) is 20.5. The van der Waals surface area contributed by atoms with E-state index >= 15 is 0 Å². The van der Waals surface area contributed by atoms with Crippen LogP contribution in [0, 0.1) is 0 Å². The van der Waals surface area contributed by atoms with Gasteiger partial charge in [-0.25, -0.2) is 0 Å². The number of nitrogens with one attached hydrogen (secondary N) is 1. The van der Waals surface area contributed by atoms with Crippen molar-refractivity contribution >= 4 is 33.7 Å². The molecule has 1 aromatic heterocycles. The number of phenols is 2. The van der Waals surface area contributed by atoms with Crippen LogP contribution in [0.25, 0.3) is 27.9 Å². The minimum atomic E-state index is -0.455. The molecule has 0 radical (unpaired) electrons. The van der Waals surface area contributed by atoms with E-state index in [1.807, 2.05) is 6.07 Å². The Kier molecular flexibility index (Phi) is 4.52. The van der Waals surface area contributed by atoms with Gasteiger partial charge in [0.15, 0.2) is 22.7 Å². The number of ether oxygens (including phenoxy) is 1. The summed E-state index contributed by atoms with van der Waals surface area (Å²) in [7, 11) is 1.43. The van der Waals surface area contributed by atoms with Gasteiger partial charge >= 0.3 is 0 Å². The van der Waals surface area contributed by atoms with E-state index in [9.17, 15) is 19.8 Å². The van der Waals surface area contributed by atoms with E-state index in [4.69, 9.17) is 4.74 Å². The summed E-state index contributed by atoms with van der Waals surface area (Å²) in [4.78, 5) is 28.5. The maximum absolute atomic E-state index is 12.8. The Labute approximate surface area is 165 Å². The predicted octanol–water partition coefficient (Wildman–Crippen LogP) is 4.00. The largest absolute Gasteiger partial charge is 0.507 e. The number of carbonyl (C=O) groups excluding carboxylic acids is 1. The Morgan fingerprint density at radius 2 is 1.76 bits per heavy atom. The van der Waals surface area contributed by atoms with Crippen molar-refractivity contribution in [2.75, 3.05) is 7.11 Å². The van der Waals surface area contributed by atoms with Gasteiger partial charge in [-0.15, -0.1) is 0 Å². The molecular weight excluding hydrogens is 370 g/mol. The lowest BCUT2D eigenvalue weighted by atomic mass is 10.0. The van der Waals surface area contributed by atoms with Gasteiger partial charge in [-0.3, -0.25) is 9.59 Å². The Morgan fingerprint density at radius 3 is 2.55 bits per heavy atom. The van der Waals surface area contributed by atoms with Crippen LogP contribution in [-0.4, -0.2) is 28.1 Å². The summed E-state index contributed by atoms with van der Waals surface area (Å²) in [5.74, 6) is -0.397. The molecule has 4 rings (SSSR count). The molecule has 0 saturated carbocycles. The van der Waals surface area contributed by atoms with Gasteiger partial charge < -0.3 is 19.9 Å². The summed E-state index contributed by atoms with van der Waals surface area (Å²) >= 11 is 0. The number of hydrogen-bond acceptors (Lipinski definition) is 5. The zero-order valence-corrected chi connectivity index (χ0v) is 15.5. The van der Waals surface area contributed by atoms with E-state index in [-0.39, 0.29) is 28.2 Å². The second kappa shape index (κ2) is 7.16. The second-order valence-electron chi connectivity index (χ2n) is 6.54. The summed E-state index contributed by atoms with van der Waals surface area (Å²) in [6.07, 6.45) is 2.83. The van der Waals surface area contributed by atoms with Crippen molar-refractivity contribution in [1.82, 2.24) is 4.98 Å². The number of ketones is 1. The summed E-state index contributed by atoms with van der Waals surface area (Å²) in [6.45, 7) is 0. The first-order valence-corrected chi connectivity index (χ1v) is 8.85. The van der Waals surface area contributed by atoms with Crippen LogP contribution in [-0.2, 0) is 0 Å². The fourth-order valence-corrected chi connectivity index (χ4v) is 3.22. The first kappa shape index (κ1) is 18.3. The van der Waals surface area contributed by atoms with Crippen LogP contribution >= 0.6 is 0 Å². The summed E-state index contributed by atoms with van der Waals surface area (Å²) in [5.41, 5.74) is 1.56. The van der Waals surface area contributed by atoms with Crippen molar-refractivity contribution in [3.63, 3.8) is 0 Å². The summed E-state index contributed by atoms with van der Waals surface area (Å²) < 4.78 is 5.05. The number of aromatic amines is 1. The minimum Gasteiger partial charge on any atom is -0.507 e. The lowest BCUT2D eigenvalue weighted by Crippen LogP contribution is -2.06. The number of carbonyl (C=O) groups is 1. The normalized spacial score (nSPS) is 11.3. The van der Waals surface area contributed by atoms with Crippen molar-refractivity contribution in [1.29, 1.82) is 0 Å². The summed E-state index contributed by atoms with van der Waals surface area (Å²) in [5, 5.41) is 20.8. The maximum Gasteiger partial charge on any atom is 0.197 e. The molecule has 0 aliphatic heterocycles. The van der Waals surface area contributed by atoms with Gasteiger partial charge in [0.25, 0.3) is 0 Å². The van der Waals surface area contributed by atoms with Crippen molar-refractivity contribution in [3.8, 4) is 17.2 Å². The van der Waals surface area contributed by atoms with Crippen LogP contribution in [0.1, 0.15) is 15.9 Å². The average molecular weight is 387 g/mol. The lowest BCUT2D eigenvalue weighted by Gasteiger charge is -2.07. The van der Waals surface area contributed by atoms with Crippen molar-refractivity contribution < 1.29 is 19.7 Å². The SMILES string of the molecule is COc1cc(/C=C/C(=O)c2cc3c(=O)c4ccccc4[nH]c3cc2O)ccc1O. The fourth-order valence-electron chi connectivity index (χ4n) is 3.22. The molecule has 1 heterocycles. The molecule has 4 aromatic rings. The highest BCUT2D eigenvalue weighted by molar-refractivity contribution is 6.11. The first-order chi connectivity index (χ1) is 14.0. The minimum absolute atomic E-state index is 0.00500. The third-order valence-corrected chi connectivity index (χ3v) is 4.72. The van der Waals surface area contributed by atoms with E-state index < -0.39 is 5.78 Å².